The van der Waals surface area contributed by atoms with E-state index in [1.54, 1.807) is 0 Å². The first-order valence-corrected chi connectivity index (χ1v) is 9.96. The number of morpholine rings is 1. The maximum atomic E-state index is 13.7. The second-order valence-electron chi connectivity index (χ2n) is 6.48. The molecule has 1 aliphatic rings. The Morgan fingerprint density at radius 2 is 1.90 bits per heavy atom. The number of nitrogens with zero attached hydrogens (tertiary/aromatic N) is 2. The fourth-order valence-electron chi connectivity index (χ4n) is 2.77. The molecule has 9 nitrogen and oxygen atoms in total. The number of ether oxygens (including phenoxy) is 2. The minimum atomic E-state index is -1.43. The van der Waals surface area contributed by atoms with Gasteiger partial charge in [0.15, 0.2) is 17.2 Å². The van der Waals surface area contributed by atoms with Gasteiger partial charge in [-0.3, -0.25) is 10.2 Å². The van der Waals surface area contributed by atoms with E-state index in [-0.39, 0.29) is 16.4 Å². The Balaban J connectivity index is 1.58. The number of rotatable bonds is 8. The van der Waals surface area contributed by atoms with E-state index < -0.39 is 41.6 Å². The van der Waals surface area contributed by atoms with Crippen molar-refractivity contribution in [2.75, 3.05) is 44.7 Å². The number of carboxylic acid groups (broad SMARTS) is 1. The number of aromatic nitrogens is 1. The number of halogens is 3. The molecule has 2 aromatic rings. The number of nitrogens with one attached hydrogen (secondary N) is 2. The highest BCUT2D eigenvalue weighted by Crippen LogP contribution is 2.31. The Labute approximate surface area is 178 Å². The molecule has 0 spiro atoms. The number of carbonyl (C=O) groups is 2. The summed E-state index contributed by atoms with van der Waals surface area (Å²) >= 11 is 0.657. The molecule has 0 atom stereocenters. The fraction of sp³-hybridized carbons (Fsp3) is 0.389. The van der Waals surface area contributed by atoms with E-state index in [1.807, 2.05) is 0 Å². The van der Waals surface area contributed by atoms with E-state index in [9.17, 15) is 27.9 Å². The van der Waals surface area contributed by atoms with Crippen LogP contribution in [-0.2, 0) is 11.3 Å². The van der Waals surface area contributed by atoms with Crippen LogP contribution in [0.1, 0.15) is 15.9 Å². The van der Waals surface area contributed by atoms with E-state index in [4.69, 9.17) is 9.47 Å². The summed E-state index contributed by atoms with van der Waals surface area (Å²) in [6.45, 7) is 3.16. The first-order valence-electron chi connectivity index (χ1n) is 9.19. The number of anilines is 1. The molecule has 1 saturated heterocycles. The van der Waals surface area contributed by atoms with Crippen molar-refractivity contribution in [2.24, 2.45) is 0 Å². The number of amides is 2. The maximum absolute atomic E-state index is 13.7. The highest BCUT2D eigenvalue weighted by Gasteiger charge is 2.24. The molecule has 2 amide bonds. The summed E-state index contributed by atoms with van der Waals surface area (Å²) in [4.78, 5) is 25.8. The first kappa shape index (κ1) is 22.8. The molecule has 1 aromatic carbocycles. The van der Waals surface area contributed by atoms with Gasteiger partial charge in [-0.25, -0.2) is 22.8 Å². The summed E-state index contributed by atoms with van der Waals surface area (Å²) in [5.74, 6) is -5.49. The number of carbonyl (C=O) groups excluding carboxylic acids is 1. The summed E-state index contributed by atoms with van der Waals surface area (Å²) in [5.41, 5.74) is -0.755. The van der Waals surface area contributed by atoms with Gasteiger partial charge in [-0.1, -0.05) is 0 Å². The summed E-state index contributed by atoms with van der Waals surface area (Å²) in [6.07, 6.45) is 0. The largest absolute Gasteiger partial charge is 0.477 e. The molecule has 13 heteroatoms. The molecule has 168 valence electrons. The predicted molar refractivity (Wildman–Crippen MR) is 104 cm³/mol. The Morgan fingerprint density at radius 3 is 2.61 bits per heavy atom. The van der Waals surface area contributed by atoms with Gasteiger partial charge in [-0.2, -0.15) is 4.37 Å². The fourth-order valence-corrected chi connectivity index (χ4v) is 3.49. The van der Waals surface area contributed by atoms with Gasteiger partial charge in [-0.05, 0) is 17.6 Å². The molecule has 1 aromatic heterocycles. The van der Waals surface area contributed by atoms with Crippen molar-refractivity contribution < 1.29 is 37.3 Å². The third kappa shape index (κ3) is 6.06. The smallest absolute Gasteiger partial charge is 0.344 e. The quantitative estimate of drug-likeness (QED) is 0.518. The van der Waals surface area contributed by atoms with E-state index in [1.165, 1.54) is 0 Å². The highest BCUT2D eigenvalue weighted by atomic mass is 32.1. The van der Waals surface area contributed by atoms with E-state index in [2.05, 4.69) is 19.9 Å². The molecule has 31 heavy (non-hydrogen) atoms. The lowest BCUT2D eigenvalue weighted by atomic mass is 10.2. The van der Waals surface area contributed by atoms with Crippen LogP contribution in [0.4, 0.5) is 23.0 Å². The topological polar surface area (TPSA) is 113 Å². The molecular formula is C18H19F3N4O5S. The molecular weight excluding hydrogens is 441 g/mol. The summed E-state index contributed by atoms with van der Waals surface area (Å²) in [7, 11) is 0. The summed E-state index contributed by atoms with van der Waals surface area (Å²) in [6, 6.07) is 0.345. The van der Waals surface area contributed by atoms with Crippen molar-refractivity contribution in [3.05, 3.63) is 40.7 Å². The molecule has 3 N–H and O–H groups in total. The first-order chi connectivity index (χ1) is 14.8. The molecule has 3 rings (SSSR count). The Kier molecular flexibility index (Phi) is 7.65. The molecule has 1 fully saturated rings. The van der Waals surface area contributed by atoms with E-state index in [0.717, 1.165) is 13.1 Å². The highest BCUT2D eigenvalue weighted by molar-refractivity contribution is 7.11. The van der Waals surface area contributed by atoms with Gasteiger partial charge < -0.3 is 19.9 Å². The monoisotopic (exact) mass is 460 g/mol. The van der Waals surface area contributed by atoms with Crippen molar-refractivity contribution in [1.29, 1.82) is 0 Å². The van der Waals surface area contributed by atoms with Crippen LogP contribution < -0.4 is 15.4 Å². The zero-order valence-electron chi connectivity index (χ0n) is 16.1. The van der Waals surface area contributed by atoms with Crippen molar-refractivity contribution in [3.63, 3.8) is 0 Å². The minimum Gasteiger partial charge on any atom is -0.477 e. The summed E-state index contributed by atoms with van der Waals surface area (Å²) < 4.78 is 54.3. The van der Waals surface area contributed by atoms with Crippen LogP contribution in [-0.4, -0.2) is 65.8 Å². The average Bonchev–Trinajstić information content (AvgIpc) is 3.13. The van der Waals surface area contributed by atoms with Gasteiger partial charge >= 0.3 is 12.0 Å². The van der Waals surface area contributed by atoms with Crippen LogP contribution in [0.15, 0.2) is 12.1 Å². The molecule has 0 unspecified atom stereocenters. The lowest BCUT2D eigenvalue weighted by molar-refractivity contribution is 0.0388. The standard InChI is InChI=1S/C18H19F3N4O5S/c19-11-8-13(21)12(20)7-10(11)9-30-15-14(17(26)27)16(31-24-15)23-18(28)22-1-2-25-3-5-29-6-4-25/h7-8H,1-6,9H2,(H,26,27)(H2,22,23,28). The molecule has 0 saturated carbocycles. The number of hydrogen-bond acceptors (Lipinski definition) is 7. The van der Waals surface area contributed by atoms with E-state index in [0.29, 0.717) is 50.0 Å². The summed E-state index contributed by atoms with van der Waals surface area (Å²) in [5, 5.41) is 14.4. The SMILES string of the molecule is O=C(NCCN1CCOCC1)Nc1snc(OCc2cc(F)c(F)cc2F)c1C(=O)O. The molecule has 0 bridgehead atoms. The average molecular weight is 460 g/mol. The lowest BCUT2D eigenvalue weighted by Gasteiger charge is -2.26. The number of hydrogen-bond donors (Lipinski definition) is 3. The second kappa shape index (κ2) is 10.4. The molecule has 2 heterocycles. The van der Waals surface area contributed by atoms with Gasteiger partial charge in [-0.15, -0.1) is 0 Å². The van der Waals surface area contributed by atoms with Crippen molar-refractivity contribution >= 4 is 28.5 Å². The third-order valence-corrected chi connectivity index (χ3v) is 5.12. The number of urea groups is 1. The van der Waals surface area contributed by atoms with Gasteiger partial charge in [0.25, 0.3) is 0 Å². The van der Waals surface area contributed by atoms with Gasteiger partial charge in [0.05, 0.1) is 13.2 Å². The molecule has 1 aliphatic heterocycles. The normalized spacial score (nSPS) is 14.3. The van der Waals surface area contributed by atoms with Crippen LogP contribution in [0.2, 0.25) is 0 Å². The zero-order valence-corrected chi connectivity index (χ0v) is 16.9. The van der Waals surface area contributed by atoms with Crippen molar-refractivity contribution in [2.45, 2.75) is 6.61 Å². The van der Waals surface area contributed by atoms with Crippen LogP contribution in [0.25, 0.3) is 0 Å². The van der Waals surface area contributed by atoms with E-state index >= 15 is 0 Å². The Morgan fingerprint density at radius 1 is 1.19 bits per heavy atom. The van der Waals surface area contributed by atoms with Crippen LogP contribution in [0, 0.1) is 17.5 Å². The lowest BCUT2D eigenvalue weighted by Crippen LogP contribution is -2.42. The maximum Gasteiger partial charge on any atom is 0.344 e. The van der Waals surface area contributed by atoms with Crippen molar-refractivity contribution in [3.8, 4) is 5.88 Å². The molecule has 0 radical (unpaired) electrons. The van der Waals surface area contributed by atoms with Crippen LogP contribution in [0.5, 0.6) is 5.88 Å². The predicted octanol–water partition coefficient (Wildman–Crippen LogP) is 2.29. The zero-order chi connectivity index (χ0) is 22.4. The third-order valence-electron chi connectivity index (χ3n) is 4.37. The molecule has 0 aliphatic carbocycles. The second-order valence-corrected chi connectivity index (χ2v) is 7.25. The van der Waals surface area contributed by atoms with Crippen LogP contribution in [0.3, 0.4) is 0 Å². The number of carboxylic acids is 1. The Hall–Kier alpha value is -2.90. The van der Waals surface area contributed by atoms with Gasteiger partial charge in [0, 0.05) is 37.8 Å². The number of benzene rings is 1. The Bertz CT molecular complexity index is 953. The van der Waals surface area contributed by atoms with Crippen LogP contribution >= 0.6 is 11.5 Å². The number of aromatic carboxylic acids is 1. The van der Waals surface area contributed by atoms with Gasteiger partial charge in [0.2, 0.25) is 5.88 Å². The minimum absolute atomic E-state index is 0.0860. The van der Waals surface area contributed by atoms with Gasteiger partial charge in [0.1, 0.15) is 17.4 Å². The van der Waals surface area contributed by atoms with Crippen molar-refractivity contribution in [1.82, 2.24) is 14.6 Å².